The molecule has 0 aromatic rings. The Bertz CT molecular complexity index is 256. The number of hydrogen-bond donors (Lipinski definition) is 6. The molecular formula is C10H23N3O6. The van der Waals surface area contributed by atoms with Crippen molar-refractivity contribution in [2.45, 2.75) is 32.2 Å². The van der Waals surface area contributed by atoms with Gasteiger partial charge in [0.15, 0.2) is 0 Å². The van der Waals surface area contributed by atoms with E-state index < -0.39 is 23.9 Å². The van der Waals surface area contributed by atoms with E-state index in [4.69, 9.17) is 31.6 Å². The molecule has 0 fully saturated rings. The van der Waals surface area contributed by atoms with Crippen molar-refractivity contribution in [3.63, 3.8) is 0 Å². The van der Waals surface area contributed by atoms with Gasteiger partial charge in [-0.25, -0.2) is 0 Å². The van der Waals surface area contributed by atoms with E-state index in [1.165, 1.54) is 0 Å². The lowest BCUT2D eigenvalue weighted by molar-refractivity contribution is -0.139. The van der Waals surface area contributed by atoms with E-state index >= 15 is 0 Å². The van der Waals surface area contributed by atoms with Gasteiger partial charge in [0.1, 0.15) is 6.04 Å². The van der Waals surface area contributed by atoms with Gasteiger partial charge in [0.25, 0.3) is 5.97 Å². The summed E-state index contributed by atoms with van der Waals surface area (Å²) in [6, 6.07) is -0.716. The third kappa shape index (κ3) is 38.5. The molecule has 0 aliphatic rings. The monoisotopic (exact) mass is 281 g/mol. The molecule has 0 aliphatic carbocycles. The Kier molecular flexibility index (Phi) is 19.3. The van der Waals surface area contributed by atoms with Crippen LogP contribution in [0.4, 0.5) is 0 Å². The van der Waals surface area contributed by atoms with Crippen LogP contribution in [0.1, 0.15) is 26.2 Å². The minimum absolute atomic E-state index is 0.278. The van der Waals surface area contributed by atoms with E-state index in [9.17, 15) is 9.59 Å². The maximum atomic E-state index is 10.1. The van der Waals surface area contributed by atoms with Crippen LogP contribution in [0, 0.1) is 0 Å². The average molecular weight is 281 g/mol. The molecule has 0 unspecified atom stereocenters. The molecule has 0 saturated carbocycles. The summed E-state index contributed by atoms with van der Waals surface area (Å²) in [7, 11) is 0. The topological polar surface area (TPSA) is 190 Å². The van der Waals surface area contributed by atoms with Crippen LogP contribution in [-0.2, 0) is 14.4 Å². The Morgan fingerprint density at radius 3 is 1.63 bits per heavy atom. The zero-order valence-electron chi connectivity index (χ0n) is 10.9. The van der Waals surface area contributed by atoms with Crippen molar-refractivity contribution in [1.29, 1.82) is 0 Å². The first kappa shape index (κ1) is 22.5. The molecule has 0 bridgehead atoms. The number of nitrogens with two attached hydrogens (primary N) is 3. The number of unbranched alkanes of at least 4 members (excludes halogenated alkanes) is 1. The van der Waals surface area contributed by atoms with Crippen molar-refractivity contribution in [3.8, 4) is 0 Å². The minimum atomic E-state index is -0.968. The molecule has 114 valence electrons. The number of carbonyl (C=O) groups is 3. The van der Waals surface area contributed by atoms with Gasteiger partial charge in [-0.1, -0.05) is 6.42 Å². The van der Waals surface area contributed by atoms with Crippen molar-refractivity contribution in [2.24, 2.45) is 17.2 Å². The largest absolute Gasteiger partial charge is 0.481 e. The van der Waals surface area contributed by atoms with Crippen molar-refractivity contribution in [2.75, 3.05) is 13.1 Å². The third-order valence-corrected chi connectivity index (χ3v) is 1.46. The van der Waals surface area contributed by atoms with Crippen molar-refractivity contribution >= 4 is 17.9 Å². The van der Waals surface area contributed by atoms with E-state index in [2.05, 4.69) is 5.73 Å². The summed E-state index contributed by atoms with van der Waals surface area (Å²) >= 11 is 0. The van der Waals surface area contributed by atoms with Crippen molar-refractivity contribution in [3.05, 3.63) is 0 Å². The predicted molar refractivity (Wildman–Crippen MR) is 68.5 cm³/mol. The molecule has 0 spiro atoms. The fraction of sp³-hybridized carbons (Fsp3) is 0.700. The molecule has 0 saturated heterocycles. The highest BCUT2D eigenvalue weighted by atomic mass is 16.4. The van der Waals surface area contributed by atoms with Gasteiger partial charge in [-0.15, -0.1) is 0 Å². The highest BCUT2D eigenvalue weighted by Gasteiger charge is 2.09. The van der Waals surface area contributed by atoms with Gasteiger partial charge < -0.3 is 32.5 Å². The van der Waals surface area contributed by atoms with Crippen LogP contribution in [0.3, 0.4) is 0 Å². The molecule has 0 radical (unpaired) electrons. The number of hydrogen-bond acceptors (Lipinski definition) is 6. The Hall–Kier alpha value is -1.71. The summed E-state index contributed by atoms with van der Waals surface area (Å²) in [6.07, 6.45) is 2.16. The Morgan fingerprint density at radius 1 is 1.05 bits per heavy atom. The zero-order valence-corrected chi connectivity index (χ0v) is 10.9. The van der Waals surface area contributed by atoms with Crippen molar-refractivity contribution in [1.82, 2.24) is 0 Å². The quantitative estimate of drug-likeness (QED) is 0.319. The maximum Gasteiger partial charge on any atom is 0.320 e. The third-order valence-electron chi connectivity index (χ3n) is 1.46. The molecule has 0 rings (SSSR count). The van der Waals surface area contributed by atoms with Gasteiger partial charge in [-0.2, -0.15) is 0 Å². The summed E-state index contributed by atoms with van der Waals surface area (Å²) in [4.78, 5) is 28.4. The van der Waals surface area contributed by atoms with Crippen LogP contribution >= 0.6 is 0 Å². The van der Waals surface area contributed by atoms with Crippen molar-refractivity contribution < 1.29 is 29.7 Å². The second-order valence-corrected chi connectivity index (χ2v) is 3.35. The van der Waals surface area contributed by atoms with Gasteiger partial charge in [-0.3, -0.25) is 14.4 Å². The maximum absolute atomic E-state index is 10.1. The van der Waals surface area contributed by atoms with Gasteiger partial charge in [0, 0.05) is 6.92 Å². The number of carboxylic acid groups (broad SMARTS) is 3. The lowest BCUT2D eigenvalue weighted by atomic mass is 10.1. The smallest absolute Gasteiger partial charge is 0.320 e. The van der Waals surface area contributed by atoms with Gasteiger partial charge in [-0.05, 0) is 19.4 Å². The molecule has 9 nitrogen and oxygen atoms in total. The van der Waals surface area contributed by atoms with Crippen LogP contribution in [-0.4, -0.2) is 52.4 Å². The standard InChI is InChI=1S/C6H14N2O2.C2H5NO2.C2H4O2/c7-4-2-1-3-5(8)6(9)10;3-1-2(4)5;1-2(3)4/h5H,1-4,7-8H2,(H,9,10);1,3H2,(H,4,5);1H3,(H,3,4)/t5-;;/m0../s1. The lowest BCUT2D eigenvalue weighted by Crippen LogP contribution is -2.29. The Balaban J connectivity index is -0.000000238. The summed E-state index contributed by atoms with van der Waals surface area (Å²) in [5.41, 5.74) is 15.0. The Morgan fingerprint density at radius 2 is 1.42 bits per heavy atom. The molecule has 9 heteroatoms. The van der Waals surface area contributed by atoms with Gasteiger partial charge in [0.2, 0.25) is 0 Å². The van der Waals surface area contributed by atoms with Crippen LogP contribution < -0.4 is 17.2 Å². The molecule has 0 aromatic carbocycles. The minimum Gasteiger partial charge on any atom is -0.481 e. The lowest BCUT2D eigenvalue weighted by Gasteiger charge is -2.03. The molecule has 9 N–H and O–H groups in total. The number of rotatable bonds is 6. The van der Waals surface area contributed by atoms with Crippen LogP contribution in [0.15, 0.2) is 0 Å². The summed E-state index contributed by atoms with van der Waals surface area (Å²) in [6.45, 7) is 1.41. The first-order valence-electron chi connectivity index (χ1n) is 5.48. The highest BCUT2D eigenvalue weighted by Crippen LogP contribution is 1.96. The fourth-order valence-corrected chi connectivity index (χ4v) is 0.632. The number of aliphatic carboxylic acids is 3. The summed E-state index contributed by atoms with van der Waals surface area (Å²) in [5, 5.41) is 23.3. The second-order valence-electron chi connectivity index (χ2n) is 3.35. The molecule has 0 amide bonds. The van der Waals surface area contributed by atoms with E-state index in [0.717, 1.165) is 19.8 Å². The molecule has 19 heavy (non-hydrogen) atoms. The summed E-state index contributed by atoms with van der Waals surface area (Å²) in [5.74, 6) is -2.73. The number of carboxylic acids is 3. The predicted octanol–water partition coefficient (Wildman–Crippen LogP) is -1.35. The van der Waals surface area contributed by atoms with Crippen LogP contribution in [0.5, 0.6) is 0 Å². The Labute approximate surface area is 111 Å². The first-order valence-corrected chi connectivity index (χ1v) is 5.48. The summed E-state index contributed by atoms with van der Waals surface area (Å²) < 4.78 is 0. The fourth-order valence-electron chi connectivity index (χ4n) is 0.632. The van der Waals surface area contributed by atoms with Crippen LogP contribution in [0.2, 0.25) is 0 Å². The molecular weight excluding hydrogens is 258 g/mol. The normalized spacial score (nSPS) is 10.1. The molecule has 0 aromatic heterocycles. The molecule has 0 heterocycles. The molecule has 1 atom stereocenters. The van der Waals surface area contributed by atoms with Gasteiger partial charge in [0.05, 0.1) is 6.54 Å². The zero-order chi connectivity index (χ0) is 15.8. The first-order chi connectivity index (χ1) is 8.68. The van der Waals surface area contributed by atoms with E-state index in [0.29, 0.717) is 13.0 Å². The van der Waals surface area contributed by atoms with Gasteiger partial charge >= 0.3 is 11.9 Å². The van der Waals surface area contributed by atoms with Crippen LogP contribution in [0.25, 0.3) is 0 Å². The van der Waals surface area contributed by atoms with E-state index in [1.54, 1.807) is 0 Å². The molecule has 0 aliphatic heterocycles. The SMILES string of the molecule is CC(=O)O.NCC(=O)O.NCCCC[C@H](N)C(=O)O. The second kappa shape index (κ2) is 16.3. The van der Waals surface area contributed by atoms with E-state index in [-0.39, 0.29) is 6.54 Å². The highest BCUT2D eigenvalue weighted by molar-refractivity contribution is 5.72. The van der Waals surface area contributed by atoms with E-state index in [1.807, 2.05) is 0 Å². The average Bonchev–Trinajstić information content (AvgIpc) is 2.29.